The van der Waals surface area contributed by atoms with Crippen LogP contribution in [0.2, 0.25) is 0 Å². The number of halogens is 4. The first-order chi connectivity index (χ1) is 15.7. The molecule has 33 heavy (non-hydrogen) atoms. The van der Waals surface area contributed by atoms with E-state index in [9.17, 15) is 18.4 Å². The first-order valence-electron chi connectivity index (χ1n) is 10.5. The van der Waals surface area contributed by atoms with E-state index in [0.717, 1.165) is 17.4 Å². The van der Waals surface area contributed by atoms with Crippen molar-refractivity contribution >= 4 is 37.7 Å². The van der Waals surface area contributed by atoms with Crippen LogP contribution in [0.5, 0.6) is 0 Å². The van der Waals surface area contributed by atoms with E-state index >= 15 is 0 Å². The number of hydrogen-bond acceptors (Lipinski definition) is 4. The largest absolute Gasteiger partial charge is 0.356 e. The summed E-state index contributed by atoms with van der Waals surface area (Å²) in [6, 6.07) is 9.67. The average Bonchev–Trinajstić information content (AvgIpc) is 2.77. The van der Waals surface area contributed by atoms with E-state index in [1.807, 2.05) is 4.90 Å². The third kappa shape index (κ3) is 5.28. The van der Waals surface area contributed by atoms with Crippen molar-refractivity contribution in [1.82, 2.24) is 9.13 Å². The highest BCUT2D eigenvalue weighted by Crippen LogP contribution is 2.23. The third-order valence-corrected chi connectivity index (χ3v) is 7.26. The van der Waals surface area contributed by atoms with E-state index in [-0.39, 0.29) is 19.1 Å². The molecule has 1 aliphatic heterocycles. The van der Waals surface area contributed by atoms with Crippen molar-refractivity contribution in [2.45, 2.75) is 32.0 Å². The van der Waals surface area contributed by atoms with Gasteiger partial charge in [0.1, 0.15) is 17.5 Å². The van der Waals surface area contributed by atoms with Crippen LogP contribution in [-0.4, -0.2) is 28.3 Å². The molecule has 1 fully saturated rings. The van der Waals surface area contributed by atoms with Gasteiger partial charge in [0.15, 0.2) is 0 Å². The summed E-state index contributed by atoms with van der Waals surface area (Å²) < 4.78 is 31.5. The summed E-state index contributed by atoms with van der Waals surface area (Å²) >= 11 is 6.76. The Morgan fingerprint density at radius 3 is 2.06 bits per heavy atom. The summed E-state index contributed by atoms with van der Waals surface area (Å²) in [6.07, 6.45) is 1.69. The molecule has 10 heteroatoms. The Kier molecular flexibility index (Phi) is 7.16. The molecule has 0 bridgehead atoms. The average molecular weight is 584 g/mol. The Hall–Kier alpha value is -2.30. The van der Waals surface area contributed by atoms with E-state index < -0.39 is 22.9 Å². The predicted octanol–water partition coefficient (Wildman–Crippen LogP) is 3.84. The van der Waals surface area contributed by atoms with Gasteiger partial charge in [-0.15, -0.1) is 0 Å². The Balaban J connectivity index is 1.85. The second-order valence-electron chi connectivity index (χ2n) is 8.12. The Morgan fingerprint density at radius 1 is 0.909 bits per heavy atom. The highest BCUT2D eigenvalue weighted by atomic mass is 79.9. The first-order valence-corrected chi connectivity index (χ1v) is 12.0. The van der Waals surface area contributed by atoms with Gasteiger partial charge in [-0.1, -0.05) is 31.9 Å². The summed E-state index contributed by atoms with van der Waals surface area (Å²) in [6.45, 7) is 1.09. The SMILES string of the molecule is N[C@@H]1CCCN(c2cc(=O)n(Cc3cc(F)ccc3Br)c(=O)n2Cc2cc(F)ccc2Br)C1. The van der Waals surface area contributed by atoms with Crippen LogP contribution < -0.4 is 21.9 Å². The Bertz CT molecular complexity index is 1310. The molecule has 1 atom stereocenters. The highest BCUT2D eigenvalue weighted by molar-refractivity contribution is 9.10. The van der Waals surface area contributed by atoms with Gasteiger partial charge in [0, 0.05) is 34.1 Å². The van der Waals surface area contributed by atoms with E-state index in [2.05, 4.69) is 31.9 Å². The van der Waals surface area contributed by atoms with Crippen molar-refractivity contribution < 1.29 is 8.78 Å². The quantitative estimate of drug-likeness (QED) is 0.495. The Labute approximate surface area is 205 Å². The minimum Gasteiger partial charge on any atom is -0.356 e. The molecule has 1 aromatic heterocycles. The highest BCUT2D eigenvalue weighted by Gasteiger charge is 2.23. The summed E-state index contributed by atoms with van der Waals surface area (Å²) in [7, 11) is 0. The van der Waals surface area contributed by atoms with Gasteiger partial charge in [0.2, 0.25) is 0 Å². The number of aromatic nitrogens is 2. The monoisotopic (exact) mass is 582 g/mol. The molecule has 3 aromatic rings. The van der Waals surface area contributed by atoms with Crippen LogP contribution in [0.25, 0.3) is 0 Å². The molecule has 2 N–H and O–H groups in total. The van der Waals surface area contributed by atoms with Crippen LogP contribution in [0, 0.1) is 11.6 Å². The van der Waals surface area contributed by atoms with Gasteiger partial charge in [-0.25, -0.2) is 13.6 Å². The number of benzene rings is 2. The topological polar surface area (TPSA) is 73.3 Å². The fraction of sp³-hybridized carbons (Fsp3) is 0.304. The van der Waals surface area contributed by atoms with Crippen molar-refractivity contribution in [1.29, 1.82) is 0 Å². The van der Waals surface area contributed by atoms with Gasteiger partial charge in [-0.05, 0) is 60.4 Å². The zero-order valence-corrected chi connectivity index (χ0v) is 20.8. The number of nitrogens with zero attached hydrogens (tertiary/aromatic N) is 3. The summed E-state index contributed by atoms with van der Waals surface area (Å²) in [5, 5.41) is 0. The normalized spacial score (nSPS) is 16.3. The zero-order chi connectivity index (χ0) is 23.7. The molecular weight excluding hydrogens is 562 g/mol. The lowest BCUT2D eigenvalue weighted by Gasteiger charge is -2.34. The van der Waals surface area contributed by atoms with E-state index in [0.29, 0.717) is 39.0 Å². The maximum absolute atomic E-state index is 13.9. The van der Waals surface area contributed by atoms with Gasteiger partial charge in [-0.3, -0.25) is 13.9 Å². The van der Waals surface area contributed by atoms with Crippen LogP contribution in [0.3, 0.4) is 0 Å². The lowest BCUT2D eigenvalue weighted by molar-refractivity contribution is 0.489. The van der Waals surface area contributed by atoms with E-state index in [1.54, 1.807) is 6.07 Å². The molecule has 0 amide bonds. The van der Waals surface area contributed by atoms with Gasteiger partial charge < -0.3 is 10.6 Å². The summed E-state index contributed by atoms with van der Waals surface area (Å²) in [5.41, 5.74) is 6.08. The van der Waals surface area contributed by atoms with Gasteiger partial charge >= 0.3 is 5.69 Å². The molecule has 0 aliphatic carbocycles. The van der Waals surface area contributed by atoms with Gasteiger partial charge in [0.05, 0.1) is 13.1 Å². The molecule has 0 saturated carbocycles. The lowest BCUT2D eigenvalue weighted by Crippen LogP contribution is -2.48. The molecule has 0 unspecified atom stereocenters. The van der Waals surface area contributed by atoms with Gasteiger partial charge in [-0.2, -0.15) is 0 Å². The molecule has 2 aromatic carbocycles. The predicted molar refractivity (Wildman–Crippen MR) is 131 cm³/mol. The molecule has 1 aliphatic rings. The second-order valence-corrected chi connectivity index (χ2v) is 9.82. The number of nitrogens with two attached hydrogens (primary N) is 1. The summed E-state index contributed by atoms with van der Waals surface area (Å²) in [4.78, 5) is 28.5. The first kappa shape index (κ1) is 23.8. The minimum atomic E-state index is -0.566. The number of anilines is 1. The summed E-state index contributed by atoms with van der Waals surface area (Å²) in [5.74, 6) is -0.463. The second kappa shape index (κ2) is 9.90. The van der Waals surface area contributed by atoms with Crippen LogP contribution in [-0.2, 0) is 13.1 Å². The van der Waals surface area contributed by atoms with Crippen LogP contribution >= 0.6 is 31.9 Å². The molecule has 6 nitrogen and oxygen atoms in total. The van der Waals surface area contributed by atoms with Crippen molar-refractivity contribution in [3.63, 3.8) is 0 Å². The van der Waals surface area contributed by atoms with Crippen LogP contribution in [0.1, 0.15) is 24.0 Å². The number of hydrogen-bond donors (Lipinski definition) is 1. The van der Waals surface area contributed by atoms with Crippen molar-refractivity contribution in [2.24, 2.45) is 5.73 Å². The fourth-order valence-electron chi connectivity index (χ4n) is 4.05. The van der Waals surface area contributed by atoms with E-state index in [1.165, 1.54) is 41.0 Å². The standard InChI is InChI=1S/C23H22Br2F2N4O2/c24-19-5-3-16(26)8-14(19)11-30-21(29-7-1-2-18(28)13-29)10-22(32)31(23(30)33)12-15-9-17(27)4-6-20(15)25/h3-6,8-10,18H,1-2,7,11-13,28H2/t18-/m1/s1. The fourth-order valence-corrected chi connectivity index (χ4v) is 4.79. The minimum absolute atomic E-state index is 0.0445. The lowest BCUT2D eigenvalue weighted by atomic mass is 10.1. The number of piperidine rings is 1. The maximum atomic E-state index is 13.9. The van der Waals surface area contributed by atoms with Crippen LogP contribution in [0.15, 0.2) is 61.0 Å². The Morgan fingerprint density at radius 2 is 1.48 bits per heavy atom. The molecule has 174 valence electrons. The van der Waals surface area contributed by atoms with Crippen molar-refractivity contribution in [3.05, 3.63) is 95.0 Å². The van der Waals surface area contributed by atoms with Gasteiger partial charge in [0.25, 0.3) is 5.56 Å². The van der Waals surface area contributed by atoms with Crippen molar-refractivity contribution in [2.75, 3.05) is 18.0 Å². The third-order valence-electron chi connectivity index (χ3n) is 5.71. The molecular formula is C23H22Br2F2N4O2. The maximum Gasteiger partial charge on any atom is 0.333 e. The molecule has 1 saturated heterocycles. The number of rotatable bonds is 5. The molecule has 2 heterocycles. The van der Waals surface area contributed by atoms with Crippen LogP contribution in [0.4, 0.5) is 14.6 Å². The zero-order valence-electron chi connectivity index (χ0n) is 17.6. The van der Waals surface area contributed by atoms with E-state index in [4.69, 9.17) is 5.73 Å². The molecule has 4 rings (SSSR count). The molecule has 0 spiro atoms. The van der Waals surface area contributed by atoms with Crippen molar-refractivity contribution in [3.8, 4) is 0 Å². The smallest absolute Gasteiger partial charge is 0.333 e. The molecule has 0 radical (unpaired) electrons.